The highest BCUT2D eigenvalue weighted by atomic mass is 35.5. The Bertz CT molecular complexity index is 427. The SMILES string of the molecule is Cl.Fc1cccnc1O[C@@H]1CO[C@]2(CCCNC2)C1. The lowest BCUT2D eigenvalue weighted by molar-refractivity contribution is -0.0154. The van der Waals surface area contributed by atoms with Crippen LogP contribution in [0.5, 0.6) is 5.88 Å². The molecule has 2 aliphatic heterocycles. The summed E-state index contributed by atoms with van der Waals surface area (Å²) in [7, 11) is 0. The van der Waals surface area contributed by atoms with E-state index in [4.69, 9.17) is 9.47 Å². The van der Waals surface area contributed by atoms with Gasteiger partial charge >= 0.3 is 0 Å². The maximum absolute atomic E-state index is 13.4. The highest BCUT2D eigenvalue weighted by Gasteiger charge is 2.42. The lowest BCUT2D eigenvalue weighted by Gasteiger charge is -2.32. The summed E-state index contributed by atoms with van der Waals surface area (Å²) in [5.74, 6) is -0.341. The number of piperidine rings is 1. The lowest BCUT2D eigenvalue weighted by Crippen LogP contribution is -2.45. The van der Waals surface area contributed by atoms with E-state index in [-0.39, 0.29) is 30.0 Å². The summed E-state index contributed by atoms with van der Waals surface area (Å²) in [4.78, 5) is 3.91. The Balaban J connectivity index is 0.00000133. The average Bonchev–Trinajstić information content (AvgIpc) is 2.76. The zero-order chi connectivity index (χ0) is 12.4. The van der Waals surface area contributed by atoms with Gasteiger partial charge in [-0.15, -0.1) is 12.4 Å². The molecule has 1 spiro atoms. The summed E-state index contributed by atoms with van der Waals surface area (Å²) in [6, 6.07) is 2.91. The molecule has 4 nitrogen and oxygen atoms in total. The summed E-state index contributed by atoms with van der Waals surface area (Å²) >= 11 is 0. The van der Waals surface area contributed by atoms with Crippen molar-refractivity contribution in [2.75, 3.05) is 19.7 Å². The fourth-order valence-electron chi connectivity index (χ4n) is 2.73. The van der Waals surface area contributed by atoms with Crippen LogP contribution in [0.2, 0.25) is 0 Å². The molecule has 0 aromatic carbocycles. The van der Waals surface area contributed by atoms with Crippen LogP contribution in [0.4, 0.5) is 4.39 Å². The molecule has 2 saturated heterocycles. The summed E-state index contributed by atoms with van der Waals surface area (Å²) in [5, 5.41) is 3.34. The fraction of sp³-hybridized carbons (Fsp3) is 0.615. The molecule has 0 aliphatic carbocycles. The van der Waals surface area contributed by atoms with E-state index in [2.05, 4.69) is 10.3 Å². The molecular formula is C13H18ClFN2O2. The smallest absolute Gasteiger partial charge is 0.250 e. The van der Waals surface area contributed by atoms with Gasteiger partial charge < -0.3 is 14.8 Å². The molecule has 2 aliphatic rings. The number of aromatic nitrogens is 1. The number of rotatable bonds is 2. The summed E-state index contributed by atoms with van der Waals surface area (Å²) in [6.07, 6.45) is 4.39. The highest BCUT2D eigenvalue weighted by Crippen LogP contribution is 2.33. The van der Waals surface area contributed by atoms with E-state index < -0.39 is 5.82 Å². The maximum atomic E-state index is 13.4. The van der Waals surface area contributed by atoms with E-state index in [1.807, 2.05) is 0 Å². The highest BCUT2D eigenvalue weighted by molar-refractivity contribution is 5.85. The third kappa shape index (κ3) is 3.16. The average molecular weight is 289 g/mol. The van der Waals surface area contributed by atoms with Gasteiger partial charge in [0.05, 0.1) is 12.2 Å². The van der Waals surface area contributed by atoms with E-state index >= 15 is 0 Å². The van der Waals surface area contributed by atoms with E-state index in [1.165, 1.54) is 12.3 Å². The molecule has 0 bridgehead atoms. The van der Waals surface area contributed by atoms with Gasteiger partial charge in [-0.25, -0.2) is 9.37 Å². The molecule has 2 fully saturated rings. The van der Waals surface area contributed by atoms with E-state index in [0.29, 0.717) is 6.61 Å². The van der Waals surface area contributed by atoms with Crippen LogP contribution < -0.4 is 10.1 Å². The molecule has 6 heteroatoms. The van der Waals surface area contributed by atoms with Crippen LogP contribution in [0.15, 0.2) is 18.3 Å². The molecule has 106 valence electrons. The van der Waals surface area contributed by atoms with Crippen molar-refractivity contribution in [3.05, 3.63) is 24.1 Å². The van der Waals surface area contributed by atoms with Gasteiger partial charge in [0.2, 0.25) is 0 Å². The molecule has 0 radical (unpaired) electrons. The van der Waals surface area contributed by atoms with Crippen molar-refractivity contribution in [3.63, 3.8) is 0 Å². The zero-order valence-electron chi connectivity index (χ0n) is 10.6. The van der Waals surface area contributed by atoms with Crippen LogP contribution in [0.1, 0.15) is 19.3 Å². The normalized spacial score (nSPS) is 30.1. The molecule has 1 aromatic heterocycles. The van der Waals surface area contributed by atoms with Crippen molar-refractivity contribution in [2.24, 2.45) is 0 Å². The van der Waals surface area contributed by atoms with Gasteiger partial charge in [0.25, 0.3) is 5.88 Å². The molecule has 19 heavy (non-hydrogen) atoms. The Morgan fingerprint density at radius 3 is 3.16 bits per heavy atom. The van der Waals surface area contributed by atoms with Crippen molar-refractivity contribution in [1.82, 2.24) is 10.3 Å². The summed E-state index contributed by atoms with van der Waals surface area (Å²) in [5.41, 5.74) is -0.117. The van der Waals surface area contributed by atoms with Crippen molar-refractivity contribution in [2.45, 2.75) is 31.0 Å². The second-order valence-electron chi connectivity index (χ2n) is 5.01. The number of nitrogens with one attached hydrogen (secondary N) is 1. The molecule has 2 atom stereocenters. The molecule has 0 saturated carbocycles. The van der Waals surface area contributed by atoms with Gasteiger partial charge in [-0.1, -0.05) is 0 Å². The monoisotopic (exact) mass is 288 g/mol. The van der Waals surface area contributed by atoms with Gasteiger partial charge in [0.1, 0.15) is 6.10 Å². The second kappa shape index (κ2) is 6.03. The Morgan fingerprint density at radius 2 is 2.42 bits per heavy atom. The number of hydrogen-bond acceptors (Lipinski definition) is 4. The molecule has 3 heterocycles. The van der Waals surface area contributed by atoms with Crippen LogP contribution in [0.3, 0.4) is 0 Å². The minimum Gasteiger partial charge on any atom is -0.470 e. The Hall–Kier alpha value is -0.910. The molecule has 3 rings (SSSR count). The first-order valence-electron chi connectivity index (χ1n) is 6.39. The van der Waals surface area contributed by atoms with Crippen LogP contribution in [-0.2, 0) is 4.74 Å². The summed E-state index contributed by atoms with van der Waals surface area (Å²) < 4.78 is 24.9. The Morgan fingerprint density at radius 1 is 1.53 bits per heavy atom. The molecule has 1 aromatic rings. The van der Waals surface area contributed by atoms with Crippen molar-refractivity contribution in [3.8, 4) is 5.88 Å². The number of nitrogens with zero attached hydrogens (tertiary/aromatic N) is 1. The topological polar surface area (TPSA) is 43.4 Å². The number of ether oxygens (including phenoxy) is 2. The van der Waals surface area contributed by atoms with Crippen molar-refractivity contribution in [1.29, 1.82) is 0 Å². The van der Waals surface area contributed by atoms with Gasteiger partial charge in [0.15, 0.2) is 5.82 Å². The van der Waals surface area contributed by atoms with Gasteiger partial charge in [-0.3, -0.25) is 0 Å². The van der Waals surface area contributed by atoms with Crippen LogP contribution in [0.25, 0.3) is 0 Å². The van der Waals surface area contributed by atoms with E-state index in [9.17, 15) is 4.39 Å². The predicted octanol–water partition coefficient (Wildman–Crippen LogP) is 1.93. The molecule has 0 amide bonds. The molecule has 1 N–H and O–H groups in total. The first-order chi connectivity index (χ1) is 8.77. The first-order valence-corrected chi connectivity index (χ1v) is 6.39. The van der Waals surface area contributed by atoms with Crippen molar-refractivity contribution < 1.29 is 13.9 Å². The third-order valence-corrected chi connectivity index (χ3v) is 3.61. The zero-order valence-corrected chi connectivity index (χ0v) is 11.4. The maximum Gasteiger partial charge on any atom is 0.250 e. The number of pyridine rings is 1. The third-order valence-electron chi connectivity index (χ3n) is 3.61. The standard InChI is InChI=1S/C13H17FN2O2.ClH/c14-11-3-1-6-16-12(11)18-10-7-13(17-8-10)4-2-5-15-9-13;/h1,3,6,10,15H,2,4-5,7-9H2;1H/t10-,13+;/m0./s1. The first kappa shape index (κ1) is 14.5. The fourth-order valence-corrected chi connectivity index (χ4v) is 2.73. The lowest BCUT2D eigenvalue weighted by atomic mass is 9.90. The quantitative estimate of drug-likeness (QED) is 0.903. The van der Waals surface area contributed by atoms with Crippen LogP contribution in [-0.4, -0.2) is 36.4 Å². The van der Waals surface area contributed by atoms with Crippen LogP contribution in [0, 0.1) is 5.82 Å². The minimum absolute atomic E-state index is 0. The van der Waals surface area contributed by atoms with Crippen molar-refractivity contribution >= 4 is 12.4 Å². The van der Waals surface area contributed by atoms with E-state index in [0.717, 1.165) is 32.4 Å². The largest absolute Gasteiger partial charge is 0.470 e. The second-order valence-corrected chi connectivity index (χ2v) is 5.01. The predicted molar refractivity (Wildman–Crippen MR) is 71.3 cm³/mol. The minimum atomic E-state index is -0.416. The Labute approximate surface area is 118 Å². The van der Waals surface area contributed by atoms with Gasteiger partial charge in [-0.05, 0) is 31.5 Å². The molecule has 0 unspecified atom stereocenters. The van der Waals surface area contributed by atoms with Gasteiger partial charge in [0, 0.05) is 19.2 Å². The van der Waals surface area contributed by atoms with Gasteiger partial charge in [-0.2, -0.15) is 0 Å². The number of halogens is 2. The van der Waals surface area contributed by atoms with Crippen LogP contribution >= 0.6 is 12.4 Å². The van der Waals surface area contributed by atoms with E-state index in [1.54, 1.807) is 6.07 Å². The summed E-state index contributed by atoms with van der Waals surface area (Å²) in [6.45, 7) is 2.42. The number of hydrogen-bond donors (Lipinski definition) is 1. The Kier molecular flexibility index (Phi) is 4.60. The molecular weight excluding hydrogens is 271 g/mol.